The Balaban J connectivity index is 1.67. The second kappa shape index (κ2) is 10.6. The number of thioether (sulfide) groups is 1. The van der Waals surface area contributed by atoms with Gasteiger partial charge < -0.3 is 10.6 Å². The molecule has 0 fully saturated rings. The molecule has 172 valence electrons. The van der Waals surface area contributed by atoms with E-state index in [1.165, 1.54) is 23.9 Å². The van der Waals surface area contributed by atoms with Crippen molar-refractivity contribution < 1.29 is 22.8 Å². The van der Waals surface area contributed by atoms with Crippen LogP contribution in [0, 0.1) is 6.92 Å². The lowest BCUT2D eigenvalue weighted by molar-refractivity contribution is -0.137. The maximum absolute atomic E-state index is 12.9. The van der Waals surface area contributed by atoms with Crippen LogP contribution in [0.25, 0.3) is 0 Å². The first kappa shape index (κ1) is 24.4. The number of aryl methyl sites for hydroxylation is 1. The van der Waals surface area contributed by atoms with Crippen molar-refractivity contribution in [2.24, 2.45) is 0 Å². The summed E-state index contributed by atoms with van der Waals surface area (Å²) in [5.41, 5.74) is 1.44. The maximum atomic E-state index is 12.9. The molecule has 2 N–H and O–H groups in total. The number of hydrogen-bond donors (Lipinski definition) is 2. The van der Waals surface area contributed by atoms with Crippen molar-refractivity contribution in [1.82, 2.24) is 0 Å². The van der Waals surface area contributed by atoms with E-state index in [1.807, 2.05) is 32.0 Å². The number of rotatable bonds is 7. The third-order valence-corrected chi connectivity index (χ3v) is 6.16. The predicted octanol–water partition coefficient (Wildman–Crippen LogP) is 6.78. The molecule has 1 unspecified atom stereocenters. The molecule has 3 aromatic carbocycles. The minimum Gasteiger partial charge on any atom is -0.325 e. The van der Waals surface area contributed by atoms with Crippen molar-refractivity contribution in [3.8, 4) is 0 Å². The molecule has 8 heteroatoms. The maximum Gasteiger partial charge on any atom is 0.416 e. The molecule has 0 heterocycles. The highest BCUT2D eigenvalue weighted by Gasteiger charge is 2.30. The van der Waals surface area contributed by atoms with E-state index in [1.54, 1.807) is 30.3 Å². The number of benzene rings is 3. The highest BCUT2D eigenvalue weighted by molar-refractivity contribution is 8.00. The monoisotopic (exact) mass is 472 g/mol. The Morgan fingerprint density at radius 1 is 0.909 bits per heavy atom. The predicted molar refractivity (Wildman–Crippen MR) is 126 cm³/mol. The zero-order chi connectivity index (χ0) is 24.0. The fourth-order valence-electron chi connectivity index (χ4n) is 3.04. The van der Waals surface area contributed by atoms with Gasteiger partial charge >= 0.3 is 6.18 Å². The molecule has 3 rings (SSSR count). The summed E-state index contributed by atoms with van der Waals surface area (Å²) in [5.74, 6) is -0.637. The van der Waals surface area contributed by atoms with E-state index in [2.05, 4.69) is 10.6 Å². The van der Waals surface area contributed by atoms with Crippen LogP contribution in [0.15, 0.2) is 77.7 Å². The summed E-state index contributed by atoms with van der Waals surface area (Å²) in [7, 11) is 0. The molecule has 0 aliphatic heterocycles. The van der Waals surface area contributed by atoms with Crippen molar-refractivity contribution >= 4 is 35.0 Å². The second-order valence-electron chi connectivity index (χ2n) is 7.43. The minimum atomic E-state index is -4.48. The number of anilines is 2. The van der Waals surface area contributed by atoms with Gasteiger partial charge in [0, 0.05) is 21.8 Å². The zero-order valence-electron chi connectivity index (χ0n) is 18.1. The van der Waals surface area contributed by atoms with E-state index in [0.717, 1.165) is 22.6 Å². The van der Waals surface area contributed by atoms with E-state index in [0.29, 0.717) is 17.7 Å². The normalized spacial score (nSPS) is 12.2. The number of nitrogens with one attached hydrogen (secondary N) is 2. The zero-order valence-corrected chi connectivity index (χ0v) is 18.9. The summed E-state index contributed by atoms with van der Waals surface area (Å²) in [4.78, 5) is 25.9. The Bertz CT molecular complexity index is 1130. The lowest BCUT2D eigenvalue weighted by atomic mass is 10.1. The molecule has 0 aromatic heterocycles. The molecule has 0 aliphatic carbocycles. The van der Waals surface area contributed by atoms with Crippen molar-refractivity contribution in [2.45, 2.75) is 36.6 Å². The number of alkyl halides is 3. The lowest BCUT2D eigenvalue weighted by Gasteiger charge is -2.16. The van der Waals surface area contributed by atoms with Gasteiger partial charge in [-0.1, -0.05) is 36.8 Å². The van der Waals surface area contributed by atoms with E-state index < -0.39 is 22.9 Å². The van der Waals surface area contributed by atoms with E-state index in [4.69, 9.17) is 0 Å². The molecule has 33 heavy (non-hydrogen) atoms. The molecule has 0 saturated carbocycles. The first-order valence-electron chi connectivity index (χ1n) is 10.3. The number of hydrogen-bond acceptors (Lipinski definition) is 3. The Hall–Kier alpha value is -3.26. The SMILES string of the molecule is CCC(Sc1cccc(NC(=O)c2ccc(C)cc2)c1)C(=O)Nc1cccc(C(F)(F)F)c1. The van der Waals surface area contributed by atoms with E-state index in [9.17, 15) is 22.8 Å². The fraction of sp³-hybridized carbons (Fsp3) is 0.200. The quantitative estimate of drug-likeness (QED) is 0.373. The van der Waals surface area contributed by atoms with Gasteiger partial charge in [0.2, 0.25) is 5.91 Å². The Morgan fingerprint density at radius 2 is 1.55 bits per heavy atom. The third-order valence-electron chi connectivity index (χ3n) is 4.80. The van der Waals surface area contributed by atoms with Crippen molar-refractivity contribution in [3.63, 3.8) is 0 Å². The third kappa shape index (κ3) is 6.86. The van der Waals surface area contributed by atoms with Gasteiger partial charge in [0.05, 0.1) is 10.8 Å². The van der Waals surface area contributed by atoms with Gasteiger partial charge in [0.15, 0.2) is 0 Å². The number of carbonyl (C=O) groups excluding carboxylic acids is 2. The fourth-order valence-corrected chi connectivity index (χ4v) is 4.05. The van der Waals surface area contributed by atoms with Gasteiger partial charge in [0.25, 0.3) is 5.91 Å². The van der Waals surface area contributed by atoms with Crippen LogP contribution in [0.2, 0.25) is 0 Å². The summed E-state index contributed by atoms with van der Waals surface area (Å²) in [5, 5.41) is 4.88. The first-order chi connectivity index (χ1) is 15.7. The molecule has 3 aromatic rings. The molecule has 0 bridgehead atoms. The Labute approximate surface area is 194 Å². The molecule has 1 atom stereocenters. The van der Waals surface area contributed by atoms with Gasteiger partial charge in [-0.15, -0.1) is 11.8 Å². The number of halogens is 3. The van der Waals surface area contributed by atoms with Crippen LogP contribution < -0.4 is 10.6 Å². The Morgan fingerprint density at radius 3 is 2.18 bits per heavy atom. The van der Waals surface area contributed by atoms with Gasteiger partial charge in [0.1, 0.15) is 0 Å². The first-order valence-corrected chi connectivity index (χ1v) is 11.2. The number of carbonyl (C=O) groups is 2. The van der Waals surface area contributed by atoms with Gasteiger partial charge in [-0.2, -0.15) is 13.2 Å². The summed E-state index contributed by atoms with van der Waals surface area (Å²) in [6.07, 6.45) is -4.02. The van der Waals surface area contributed by atoms with Crippen LogP contribution in [-0.4, -0.2) is 17.1 Å². The summed E-state index contributed by atoms with van der Waals surface area (Å²) >= 11 is 1.28. The standard InChI is InChI=1S/C25H23F3N2O2S/c1-3-22(24(32)30-19-7-4-6-18(14-19)25(26,27)28)33-21-9-5-8-20(15-21)29-23(31)17-12-10-16(2)11-13-17/h4-15,22H,3H2,1-2H3,(H,29,31)(H,30,32). The lowest BCUT2D eigenvalue weighted by Crippen LogP contribution is -2.24. The van der Waals surface area contributed by atoms with Crippen LogP contribution in [0.1, 0.15) is 34.8 Å². The highest BCUT2D eigenvalue weighted by Crippen LogP contribution is 2.32. The number of amides is 2. The van der Waals surface area contributed by atoms with Crippen LogP contribution >= 0.6 is 11.8 Å². The van der Waals surface area contributed by atoms with E-state index >= 15 is 0 Å². The molecule has 0 radical (unpaired) electrons. The van der Waals surface area contributed by atoms with E-state index in [-0.39, 0.29) is 11.6 Å². The highest BCUT2D eigenvalue weighted by atomic mass is 32.2. The van der Waals surface area contributed by atoms with Crippen molar-refractivity contribution in [1.29, 1.82) is 0 Å². The largest absolute Gasteiger partial charge is 0.416 e. The molecule has 0 aliphatic rings. The van der Waals surface area contributed by atoms with Crippen molar-refractivity contribution in [2.75, 3.05) is 10.6 Å². The van der Waals surface area contributed by atoms with Gasteiger partial charge in [-0.25, -0.2) is 0 Å². The molecule has 2 amide bonds. The van der Waals surface area contributed by atoms with Crippen molar-refractivity contribution in [3.05, 3.63) is 89.5 Å². The summed E-state index contributed by atoms with van der Waals surface area (Å²) in [6.45, 7) is 3.77. The smallest absolute Gasteiger partial charge is 0.325 e. The Kier molecular flexibility index (Phi) is 7.81. The van der Waals surface area contributed by atoms with Gasteiger partial charge in [-0.3, -0.25) is 9.59 Å². The van der Waals surface area contributed by atoms with Crippen LogP contribution in [-0.2, 0) is 11.0 Å². The molecular weight excluding hydrogens is 449 g/mol. The average molecular weight is 473 g/mol. The summed E-state index contributed by atoms with van der Waals surface area (Å²) in [6, 6.07) is 18.8. The van der Waals surface area contributed by atoms with Gasteiger partial charge in [-0.05, 0) is 61.9 Å². The molecule has 0 saturated heterocycles. The summed E-state index contributed by atoms with van der Waals surface area (Å²) < 4.78 is 38.8. The second-order valence-corrected chi connectivity index (χ2v) is 8.71. The van der Waals surface area contributed by atoms with Crippen LogP contribution in [0.5, 0.6) is 0 Å². The molecule has 4 nitrogen and oxygen atoms in total. The average Bonchev–Trinajstić information content (AvgIpc) is 2.77. The van der Waals surface area contributed by atoms with Crippen LogP contribution in [0.4, 0.5) is 24.5 Å². The van der Waals surface area contributed by atoms with Crippen LogP contribution in [0.3, 0.4) is 0 Å². The molecule has 0 spiro atoms. The molecular formula is C25H23F3N2O2S. The topological polar surface area (TPSA) is 58.2 Å². The minimum absolute atomic E-state index is 0.0907.